The summed E-state index contributed by atoms with van der Waals surface area (Å²) < 4.78 is 0. The van der Waals surface area contributed by atoms with Crippen molar-refractivity contribution in [3.63, 3.8) is 0 Å². The molecule has 0 fully saturated rings. The Morgan fingerprint density at radius 2 is 0.867 bits per heavy atom. The van der Waals surface area contributed by atoms with E-state index < -0.39 is 0 Å². The molecular weight excluding hydrogens is 210 g/mol. The van der Waals surface area contributed by atoms with Crippen LogP contribution in [0.2, 0.25) is 0 Å². The van der Waals surface area contributed by atoms with Crippen molar-refractivity contribution in [2.24, 2.45) is 5.90 Å². The van der Waals surface area contributed by atoms with Crippen LogP contribution in [0.25, 0.3) is 11.1 Å². The lowest BCUT2D eigenvalue weighted by Gasteiger charge is -1.98. The van der Waals surface area contributed by atoms with Crippen molar-refractivity contribution in [3.05, 3.63) is 60.7 Å². The smallest absolute Gasteiger partial charge is 0.0184 e. The fraction of sp³-hybridized carbons (Fsp3) is 0. The normalized spacial score (nSPS) is 8.13. The first-order valence-electron chi connectivity index (χ1n) is 4.33. The van der Waals surface area contributed by atoms with Crippen LogP contribution in [0, 0.1) is 0 Å². The molecule has 2 rings (SSSR count). The molecule has 0 unspecified atom stereocenters. The molecule has 0 aromatic heterocycles. The van der Waals surface area contributed by atoms with Gasteiger partial charge in [0.15, 0.2) is 0 Å². The minimum Gasteiger partial charge on any atom is -0.320 e. The number of halogens is 1. The second-order valence-electron chi connectivity index (χ2n) is 2.73. The van der Waals surface area contributed by atoms with Gasteiger partial charge in [0, 0.05) is 0 Å². The highest BCUT2D eigenvalue weighted by atomic mass is 35.5. The first kappa shape index (κ1) is 13.7. The van der Waals surface area contributed by atoms with Gasteiger partial charge in [0.2, 0.25) is 0 Å². The monoisotopic (exact) mass is 223 g/mol. The quantitative estimate of drug-likeness (QED) is 0.730. The van der Waals surface area contributed by atoms with E-state index in [0.717, 1.165) is 0 Å². The third-order valence-corrected chi connectivity index (χ3v) is 1.88. The van der Waals surface area contributed by atoms with E-state index in [0.29, 0.717) is 0 Å². The van der Waals surface area contributed by atoms with Crippen LogP contribution in [0.3, 0.4) is 0 Å². The van der Waals surface area contributed by atoms with Crippen LogP contribution in [0.4, 0.5) is 0 Å². The summed E-state index contributed by atoms with van der Waals surface area (Å²) in [6.45, 7) is 0. The summed E-state index contributed by atoms with van der Waals surface area (Å²) in [4.78, 5) is 0. The van der Waals surface area contributed by atoms with Gasteiger partial charge in [0.25, 0.3) is 0 Å². The van der Waals surface area contributed by atoms with E-state index in [-0.39, 0.29) is 12.4 Å². The predicted molar refractivity (Wildman–Crippen MR) is 65.1 cm³/mol. The zero-order valence-corrected chi connectivity index (χ0v) is 9.02. The van der Waals surface area contributed by atoms with E-state index in [1.165, 1.54) is 11.1 Å². The highest BCUT2D eigenvalue weighted by molar-refractivity contribution is 5.85. The van der Waals surface area contributed by atoms with Crippen LogP contribution in [-0.2, 0) is 0 Å². The van der Waals surface area contributed by atoms with Gasteiger partial charge in [-0.05, 0) is 11.1 Å². The second-order valence-corrected chi connectivity index (χ2v) is 2.73. The molecule has 0 saturated carbocycles. The Morgan fingerprint density at radius 1 is 0.600 bits per heavy atom. The Kier molecular flexibility index (Phi) is 7.28. The maximum absolute atomic E-state index is 6.50. The van der Waals surface area contributed by atoms with Crippen LogP contribution in [0.5, 0.6) is 0 Å². The summed E-state index contributed by atoms with van der Waals surface area (Å²) >= 11 is 0. The molecule has 0 amide bonds. The summed E-state index contributed by atoms with van der Waals surface area (Å²) in [5.41, 5.74) is 2.55. The predicted octanol–water partition coefficient (Wildman–Crippen LogP) is 3.11. The molecule has 3 heteroatoms. The molecule has 0 aliphatic heterocycles. The highest BCUT2D eigenvalue weighted by Gasteiger charge is 1.91. The summed E-state index contributed by atoms with van der Waals surface area (Å²) in [7, 11) is 0. The topological polar surface area (TPSA) is 46.2 Å². The molecule has 0 aliphatic rings. The van der Waals surface area contributed by atoms with Gasteiger partial charge in [-0.1, -0.05) is 60.7 Å². The molecule has 0 saturated heterocycles. The van der Waals surface area contributed by atoms with Gasteiger partial charge >= 0.3 is 0 Å². The largest absolute Gasteiger partial charge is 0.320 e. The van der Waals surface area contributed by atoms with Crippen LogP contribution < -0.4 is 5.90 Å². The van der Waals surface area contributed by atoms with Crippen molar-refractivity contribution in [3.8, 4) is 11.1 Å². The average Bonchev–Trinajstić information content (AvgIpc) is 2.34. The van der Waals surface area contributed by atoms with Crippen molar-refractivity contribution in [1.82, 2.24) is 0 Å². The molecular formula is C12H14ClNO. The molecule has 0 atom stereocenters. The van der Waals surface area contributed by atoms with Gasteiger partial charge in [-0.15, -0.1) is 12.4 Å². The van der Waals surface area contributed by atoms with Gasteiger partial charge in [-0.3, -0.25) is 0 Å². The van der Waals surface area contributed by atoms with Gasteiger partial charge in [0.1, 0.15) is 0 Å². The maximum Gasteiger partial charge on any atom is -0.0184 e. The second kappa shape index (κ2) is 8.00. The van der Waals surface area contributed by atoms with Gasteiger partial charge in [-0.2, -0.15) is 0 Å². The summed E-state index contributed by atoms with van der Waals surface area (Å²) in [5.74, 6) is 3.50. The Morgan fingerprint density at radius 3 is 1.13 bits per heavy atom. The van der Waals surface area contributed by atoms with E-state index in [9.17, 15) is 0 Å². The van der Waals surface area contributed by atoms with Crippen molar-refractivity contribution >= 4 is 12.4 Å². The molecule has 0 aliphatic carbocycles. The molecule has 0 bridgehead atoms. The highest BCUT2D eigenvalue weighted by Crippen LogP contribution is 2.17. The lowest BCUT2D eigenvalue weighted by Crippen LogP contribution is -1.73. The van der Waals surface area contributed by atoms with Crippen molar-refractivity contribution in [2.45, 2.75) is 0 Å². The van der Waals surface area contributed by atoms with Gasteiger partial charge in [-0.25, -0.2) is 5.90 Å². The van der Waals surface area contributed by atoms with E-state index in [2.05, 4.69) is 54.4 Å². The van der Waals surface area contributed by atoms with Crippen LogP contribution in [0.15, 0.2) is 60.7 Å². The van der Waals surface area contributed by atoms with Gasteiger partial charge in [0.05, 0.1) is 0 Å². The Labute approximate surface area is 95.7 Å². The number of hydrogen-bond acceptors (Lipinski definition) is 2. The van der Waals surface area contributed by atoms with Crippen LogP contribution in [-0.4, -0.2) is 5.21 Å². The molecule has 80 valence electrons. The summed E-state index contributed by atoms with van der Waals surface area (Å²) in [6, 6.07) is 20.8. The first-order chi connectivity index (χ1) is 6.97. The van der Waals surface area contributed by atoms with Crippen molar-refractivity contribution in [2.75, 3.05) is 0 Å². The van der Waals surface area contributed by atoms with Crippen LogP contribution in [0.1, 0.15) is 0 Å². The third kappa shape index (κ3) is 4.13. The van der Waals surface area contributed by atoms with Gasteiger partial charge < -0.3 is 5.21 Å². The molecule has 0 spiro atoms. The standard InChI is InChI=1S/C12H10.ClH.H3NO/c1-3-7-11(8-4-1)12-9-5-2-6-10-12;;1-2/h1-10H;1H;2H,1H2. The van der Waals surface area contributed by atoms with Crippen LogP contribution >= 0.6 is 12.4 Å². The van der Waals surface area contributed by atoms with E-state index in [1.54, 1.807) is 0 Å². The number of rotatable bonds is 1. The minimum absolute atomic E-state index is 0. The van der Waals surface area contributed by atoms with E-state index in [1.807, 2.05) is 12.1 Å². The van der Waals surface area contributed by atoms with Crippen molar-refractivity contribution in [1.29, 1.82) is 0 Å². The Bertz CT molecular complexity index is 313. The number of nitrogens with two attached hydrogens (primary N) is 1. The Balaban J connectivity index is 0.000000617. The zero-order valence-electron chi connectivity index (χ0n) is 8.21. The molecule has 15 heavy (non-hydrogen) atoms. The maximum atomic E-state index is 6.50. The lowest BCUT2D eigenvalue weighted by molar-refractivity contribution is 0.311. The fourth-order valence-electron chi connectivity index (χ4n) is 1.26. The third-order valence-electron chi connectivity index (χ3n) is 1.88. The van der Waals surface area contributed by atoms with Crippen molar-refractivity contribution < 1.29 is 5.21 Å². The van der Waals surface area contributed by atoms with E-state index in [4.69, 9.17) is 5.21 Å². The Hall–Kier alpha value is -1.35. The lowest BCUT2D eigenvalue weighted by atomic mass is 10.1. The SMILES string of the molecule is Cl.NO.c1ccc(-c2ccccc2)cc1. The summed E-state index contributed by atoms with van der Waals surface area (Å²) in [5, 5.41) is 6.50. The fourth-order valence-corrected chi connectivity index (χ4v) is 1.26. The molecule has 0 radical (unpaired) electrons. The first-order valence-corrected chi connectivity index (χ1v) is 4.33. The molecule has 2 nitrogen and oxygen atoms in total. The number of hydrogen-bond donors (Lipinski definition) is 2. The molecule has 3 N–H and O–H groups in total. The summed E-state index contributed by atoms with van der Waals surface area (Å²) in [6.07, 6.45) is 0. The number of benzene rings is 2. The molecule has 2 aromatic rings. The average molecular weight is 224 g/mol. The van der Waals surface area contributed by atoms with E-state index >= 15 is 0 Å². The molecule has 0 heterocycles. The minimum atomic E-state index is 0. The zero-order chi connectivity index (χ0) is 10.2. The molecule has 2 aromatic carbocycles.